The van der Waals surface area contributed by atoms with Gasteiger partial charge in [-0.1, -0.05) is 466 Å². The predicted octanol–water partition coefficient (Wildman–Crippen LogP) is 36.8. The Bertz CT molecular complexity index is 1600. The van der Waals surface area contributed by atoms with E-state index in [4.69, 9.17) is 0 Å². The van der Waals surface area contributed by atoms with Gasteiger partial charge in [-0.25, -0.2) is 0 Å². The summed E-state index contributed by atoms with van der Waals surface area (Å²) in [4.78, 5) is 0. The molecule has 0 heteroatoms. The van der Waals surface area contributed by atoms with Crippen molar-refractivity contribution in [1.29, 1.82) is 0 Å². The van der Waals surface area contributed by atoms with Gasteiger partial charge in [-0.05, 0) is 133 Å². The van der Waals surface area contributed by atoms with Crippen LogP contribution in [0.2, 0.25) is 0 Å². The van der Waals surface area contributed by atoms with E-state index in [9.17, 15) is 0 Å². The number of rotatable bonds is 88. The van der Waals surface area contributed by atoms with E-state index in [1.54, 1.807) is 0 Å². The van der Waals surface area contributed by atoms with Crippen molar-refractivity contribution in [3.05, 3.63) is 73.9 Å². The Labute approximate surface area is 622 Å². The fraction of sp³-hybridized carbons (Fsp3) is 0.878. The highest BCUT2D eigenvalue weighted by atomic mass is 14.4. The molecule has 0 saturated heterocycles. The molecular weight excluding hydrogens is 1180 g/mol. The zero-order valence-electron chi connectivity index (χ0n) is 68.6. The van der Waals surface area contributed by atoms with Crippen LogP contribution in [-0.4, -0.2) is 0 Å². The molecule has 0 heterocycles. The molecule has 578 valence electrons. The minimum Gasteiger partial charge on any atom is -0.103 e. The number of hydrogen-bond acceptors (Lipinski definition) is 0. The maximum Gasteiger partial charge on any atom is -0.0114 e. The Morgan fingerprint density at radius 3 is 0.704 bits per heavy atom. The molecule has 2 unspecified atom stereocenters. The summed E-state index contributed by atoms with van der Waals surface area (Å²) in [5.74, 6) is 0.814. The number of allylic oxidation sites excluding steroid dienone is 8. The van der Waals surface area contributed by atoms with Crippen molar-refractivity contribution in [2.24, 2.45) is 11.3 Å². The number of unbranched alkanes of at least 4 members (excludes halogenated alkanes) is 68. The average molecular weight is 1360 g/mol. The summed E-state index contributed by atoms with van der Waals surface area (Å²) >= 11 is 0. The number of hydrogen-bond donors (Lipinski definition) is 0. The second kappa shape index (κ2) is 84.4. The Hall–Kier alpha value is -1.56. The van der Waals surface area contributed by atoms with Crippen LogP contribution in [0.25, 0.3) is 0 Å². The smallest absolute Gasteiger partial charge is 0.0114 e. The van der Waals surface area contributed by atoms with Gasteiger partial charge in [-0.2, -0.15) is 0 Å². The highest BCUT2D eigenvalue weighted by molar-refractivity contribution is 5.25. The van der Waals surface area contributed by atoms with Crippen molar-refractivity contribution < 1.29 is 0 Å². The maximum atomic E-state index is 3.94. The molecule has 0 aliphatic rings. The van der Waals surface area contributed by atoms with Gasteiger partial charge in [-0.15, -0.1) is 26.3 Å². The summed E-state index contributed by atoms with van der Waals surface area (Å²) in [5.41, 5.74) is 4.52. The van der Waals surface area contributed by atoms with Crippen molar-refractivity contribution in [2.75, 3.05) is 0 Å². The topological polar surface area (TPSA) is 0 Å². The van der Waals surface area contributed by atoms with Crippen LogP contribution < -0.4 is 0 Å². The van der Waals surface area contributed by atoms with Crippen LogP contribution in [0.15, 0.2) is 73.9 Å². The van der Waals surface area contributed by atoms with E-state index < -0.39 is 0 Å². The zero-order valence-corrected chi connectivity index (χ0v) is 68.6. The van der Waals surface area contributed by atoms with Gasteiger partial charge in [0.1, 0.15) is 0 Å². The van der Waals surface area contributed by atoms with Crippen LogP contribution in [0, 0.1) is 11.3 Å². The van der Waals surface area contributed by atoms with Crippen LogP contribution in [0.5, 0.6) is 0 Å². The van der Waals surface area contributed by atoms with E-state index in [1.807, 2.05) is 0 Å². The first-order valence-electron chi connectivity index (χ1n) is 46.3. The third-order valence-electron chi connectivity index (χ3n) is 23.3. The minimum atomic E-state index is 0.354. The second-order valence-electron chi connectivity index (χ2n) is 32.9. The second-order valence-corrected chi connectivity index (χ2v) is 32.9. The Balaban J connectivity index is 6.93. The van der Waals surface area contributed by atoms with E-state index >= 15 is 0 Å². The molecule has 0 amide bonds. The van der Waals surface area contributed by atoms with E-state index in [2.05, 4.69) is 94.7 Å². The molecule has 0 aliphatic carbocycles. The SMILES string of the molecule is C=CCCCCCCCCCCCCCCCC(CCCCCCCCCCC)C(CCCCCCCCCCCCCCC=C)=C(CCCCCCCCCCCCCCC=C)C(C)(CCCCCCCCCCCCCC=CCC)CCCCCCCCCCCCCCC=C. The van der Waals surface area contributed by atoms with Crippen molar-refractivity contribution in [3.8, 4) is 0 Å². The summed E-state index contributed by atoms with van der Waals surface area (Å²) in [6, 6.07) is 0. The molecule has 98 heavy (non-hydrogen) atoms. The first-order chi connectivity index (χ1) is 48.5. The van der Waals surface area contributed by atoms with Crippen molar-refractivity contribution in [1.82, 2.24) is 0 Å². The molecule has 2 atom stereocenters. The molecule has 0 nitrogen and oxygen atoms in total. The fourth-order valence-electron chi connectivity index (χ4n) is 16.7. The molecule has 0 aromatic rings. The molecule has 0 aromatic heterocycles. The van der Waals surface area contributed by atoms with E-state index in [-0.39, 0.29) is 0 Å². The summed E-state index contributed by atoms with van der Waals surface area (Å²) in [5, 5.41) is 0. The molecule has 0 radical (unpaired) electrons. The minimum absolute atomic E-state index is 0.354. The molecule has 0 aliphatic heterocycles. The Kier molecular flexibility index (Phi) is 83.0. The van der Waals surface area contributed by atoms with Crippen LogP contribution in [0.1, 0.15) is 541 Å². The molecule has 0 saturated carbocycles. The van der Waals surface area contributed by atoms with E-state index in [0.29, 0.717) is 5.41 Å². The third kappa shape index (κ3) is 71.4. The van der Waals surface area contributed by atoms with Crippen LogP contribution in [-0.2, 0) is 0 Å². The largest absolute Gasteiger partial charge is 0.103 e. The maximum absolute atomic E-state index is 3.94. The van der Waals surface area contributed by atoms with Crippen LogP contribution in [0.3, 0.4) is 0 Å². The summed E-state index contributed by atoms with van der Waals surface area (Å²) in [7, 11) is 0. The lowest BCUT2D eigenvalue weighted by molar-refractivity contribution is 0.285. The van der Waals surface area contributed by atoms with E-state index in [1.165, 1.54) is 520 Å². The lowest BCUT2D eigenvalue weighted by Gasteiger charge is -2.38. The van der Waals surface area contributed by atoms with Gasteiger partial charge in [-0.3, -0.25) is 0 Å². The Morgan fingerprint density at radius 1 is 0.235 bits per heavy atom. The first-order valence-corrected chi connectivity index (χ1v) is 46.3. The normalized spacial score (nSPS) is 13.0. The van der Waals surface area contributed by atoms with Gasteiger partial charge < -0.3 is 0 Å². The summed E-state index contributed by atoms with van der Waals surface area (Å²) in [6.45, 7) is 23.3. The predicted molar refractivity (Wildman–Crippen MR) is 454 cm³/mol. The molecule has 0 fully saturated rings. The Morgan fingerprint density at radius 2 is 0.449 bits per heavy atom. The lowest BCUT2D eigenvalue weighted by atomic mass is 9.67. The monoisotopic (exact) mass is 1360 g/mol. The molecular formula is C98H186. The van der Waals surface area contributed by atoms with Crippen molar-refractivity contribution in [2.45, 2.75) is 541 Å². The quantitative estimate of drug-likeness (QED) is 0.0421. The standard InChI is InChI=1S/C98H186/c1-8-14-20-26-32-38-43-48-53-55-60-66-72-78-84-90-95(89-83-77-71-65-37-31-25-19-13-6)96(91-85-79-73-67-61-56-50-45-40-34-28-22-16-10-3)97(92-86-80-74-68-62-57-51-46-41-35-29-23-17-11-4)98(7,93-87-81-75-69-63-58-52-47-42-36-30-24-18-12-5)94-88-82-76-70-64-59-54-49-44-39-33-27-21-15-9-2/h8,10-12,15,21,95H,1,3-5,9,13-14,16-20,22-94H2,2,6-7H3. The molecule has 0 N–H and O–H groups in total. The van der Waals surface area contributed by atoms with E-state index in [0.717, 1.165) is 5.92 Å². The molecule has 0 spiro atoms. The van der Waals surface area contributed by atoms with Gasteiger partial charge >= 0.3 is 0 Å². The van der Waals surface area contributed by atoms with Gasteiger partial charge in [0.2, 0.25) is 0 Å². The van der Waals surface area contributed by atoms with Crippen LogP contribution >= 0.6 is 0 Å². The van der Waals surface area contributed by atoms with Gasteiger partial charge in [0, 0.05) is 0 Å². The van der Waals surface area contributed by atoms with Gasteiger partial charge in [0.25, 0.3) is 0 Å². The zero-order chi connectivity index (χ0) is 70.8. The lowest BCUT2D eigenvalue weighted by Crippen LogP contribution is -2.24. The summed E-state index contributed by atoms with van der Waals surface area (Å²) < 4.78 is 0. The van der Waals surface area contributed by atoms with Gasteiger partial charge in [0.05, 0.1) is 0 Å². The van der Waals surface area contributed by atoms with Crippen LogP contribution in [0.4, 0.5) is 0 Å². The molecule has 0 rings (SSSR count). The van der Waals surface area contributed by atoms with Crippen molar-refractivity contribution >= 4 is 0 Å². The fourth-order valence-corrected chi connectivity index (χ4v) is 16.7. The highest BCUT2D eigenvalue weighted by Crippen LogP contribution is 2.47. The van der Waals surface area contributed by atoms with Crippen molar-refractivity contribution in [3.63, 3.8) is 0 Å². The highest BCUT2D eigenvalue weighted by Gasteiger charge is 2.32. The molecule has 0 bridgehead atoms. The molecule has 0 aromatic carbocycles. The average Bonchev–Trinajstić information content (AvgIpc) is 0.810. The summed E-state index contributed by atoms with van der Waals surface area (Å²) in [6.07, 6.45) is 129. The third-order valence-corrected chi connectivity index (χ3v) is 23.3. The first kappa shape index (κ1) is 96.4. The van der Waals surface area contributed by atoms with Gasteiger partial charge in [0.15, 0.2) is 0 Å².